The monoisotopic (exact) mass is 724 g/mol. The molecule has 8 nitrogen and oxygen atoms in total. The summed E-state index contributed by atoms with van der Waals surface area (Å²) in [6.07, 6.45) is 7.53. The molecule has 1 aliphatic heterocycles. The van der Waals surface area contributed by atoms with E-state index in [9.17, 15) is 4.79 Å². The molecule has 0 aromatic heterocycles. The van der Waals surface area contributed by atoms with Gasteiger partial charge in [0.2, 0.25) is 5.91 Å². The van der Waals surface area contributed by atoms with Crippen LogP contribution in [0.3, 0.4) is 0 Å². The van der Waals surface area contributed by atoms with Gasteiger partial charge < -0.3 is 33.9 Å². The summed E-state index contributed by atoms with van der Waals surface area (Å²) in [5, 5.41) is 4.48. The van der Waals surface area contributed by atoms with Gasteiger partial charge in [-0.05, 0) is 123 Å². The Kier molecular flexibility index (Phi) is 13.2. The molecule has 2 atom stereocenters. The van der Waals surface area contributed by atoms with Crippen LogP contribution in [0.25, 0.3) is 0 Å². The van der Waals surface area contributed by atoms with Gasteiger partial charge in [0.1, 0.15) is 31.3 Å². The molecule has 1 N–H and O–H groups in total. The van der Waals surface area contributed by atoms with E-state index in [2.05, 4.69) is 40.5 Å². The number of aryl methyl sites for hydroxylation is 2. The number of amides is 1. The van der Waals surface area contributed by atoms with Crippen LogP contribution in [0.1, 0.15) is 66.7 Å². The van der Waals surface area contributed by atoms with Crippen LogP contribution in [-0.2, 0) is 27.2 Å². The molecule has 1 heterocycles. The number of piperidine rings is 1. The molecule has 0 radical (unpaired) electrons. The van der Waals surface area contributed by atoms with Gasteiger partial charge in [0, 0.05) is 32.8 Å². The molecule has 6 rings (SSSR count). The van der Waals surface area contributed by atoms with Gasteiger partial charge in [-0.15, -0.1) is 0 Å². The lowest BCUT2D eigenvalue weighted by Crippen LogP contribution is -2.47. The minimum absolute atomic E-state index is 0.124. The predicted molar refractivity (Wildman–Crippen MR) is 197 cm³/mol. The van der Waals surface area contributed by atoms with Crippen LogP contribution in [0.15, 0.2) is 54.6 Å². The molecule has 2 saturated carbocycles. The third-order valence-electron chi connectivity index (χ3n) is 9.54. The summed E-state index contributed by atoms with van der Waals surface area (Å²) in [5.41, 5.74) is 4.45. The largest absolute Gasteiger partial charge is 0.491 e. The van der Waals surface area contributed by atoms with Crippen molar-refractivity contribution in [1.29, 1.82) is 0 Å². The zero-order chi connectivity index (χ0) is 34.9. The normalized spacial score (nSPS) is 18.9. The molecular weight excluding hydrogens is 675 g/mol. The molecular formula is C40H50Cl2N2O6. The molecule has 0 spiro atoms. The summed E-state index contributed by atoms with van der Waals surface area (Å²) >= 11 is 12.6. The predicted octanol–water partition coefficient (Wildman–Crippen LogP) is 7.78. The summed E-state index contributed by atoms with van der Waals surface area (Å²) in [7, 11) is 1.73. The second-order valence-electron chi connectivity index (χ2n) is 13.7. The Morgan fingerprint density at radius 3 is 2.24 bits per heavy atom. The fourth-order valence-corrected chi connectivity index (χ4v) is 7.42. The van der Waals surface area contributed by atoms with Crippen LogP contribution >= 0.6 is 23.2 Å². The van der Waals surface area contributed by atoms with Gasteiger partial charge in [-0.2, -0.15) is 0 Å². The second kappa shape index (κ2) is 18.0. The Hall–Kier alpha value is -3.01. The lowest BCUT2D eigenvalue weighted by atomic mass is 9.80. The molecule has 1 amide bonds. The number of hydrogen-bond acceptors (Lipinski definition) is 7. The zero-order valence-electron chi connectivity index (χ0n) is 29.3. The van der Waals surface area contributed by atoms with Crippen LogP contribution in [0.4, 0.5) is 0 Å². The highest BCUT2D eigenvalue weighted by molar-refractivity contribution is 6.37. The van der Waals surface area contributed by atoms with E-state index in [0.29, 0.717) is 68.0 Å². The highest BCUT2D eigenvalue weighted by Gasteiger charge is 2.40. The average molecular weight is 726 g/mol. The smallest absolute Gasteiger partial charge is 0.228 e. The van der Waals surface area contributed by atoms with Crippen molar-refractivity contribution in [3.8, 4) is 17.2 Å². The Morgan fingerprint density at radius 2 is 1.52 bits per heavy atom. The first-order valence-corrected chi connectivity index (χ1v) is 18.8. The molecule has 50 heavy (non-hydrogen) atoms. The van der Waals surface area contributed by atoms with E-state index in [1.807, 2.05) is 31.2 Å². The topological polar surface area (TPSA) is 78.5 Å². The Labute approximate surface area is 306 Å². The maximum atomic E-state index is 14.4. The number of methoxy groups -OCH3 is 1. The first-order chi connectivity index (χ1) is 24.4. The minimum Gasteiger partial charge on any atom is -0.491 e. The molecule has 3 fully saturated rings. The van der Waals surface area contributed by atoms with Crippen LogP contribution < -0.4 is 19.5 Å². The summed E-state index contributed by atoms with van der Waals surface area (Å²) in [4.78, 5) is 16.5. The van der Waals surface area contributed by atoms with E-state index in [0.717, 1.165) is 79.7 Å². The lowest BCUT2D eigenvalue weighted by Gasteiger charge is -2.36. The first-order valence-electron chi connectivity index (χ1n) is 18.1. The quantitative estimate of drug-likeness (QED) is 0.127. The van der Waals surface area contributed by atoms with Crippen molar-refractivity contribution in [2.24, 2.45) is 5.92 Å². The van der Waals surface area contributed by atoms with Gasteiger partial charge in [-0.3, -0.25) is 4.79 Å². The fraction of sp³-hybridized carbons (Fsp3) is 0.525. The number of carbonyl (C=O) groups is 1. The van der Waals surface area contributed by atoms with E-state index < -0.39 is 0 Å². The van der Waals surface area contributed by atoms with Crippen molar-refractivity contribution >= 4 is 29.1 Å². The summed E-state index contributed by atoms with van der Waals surface area (Å²) in [6, 6.07) is 18.5. The van der Waals surface area contributed by atoms with Crippen molar-refractivity contribution in [3.05, 3.63) is 86.9 Å². The van der Waals surface area contributed by atoms with Gasteiger partial charge in [0.05, 0.1) is 28.7 Å². The van der Waals surface area contributed by atoms with Crippen molar-refractivity contribution in [2.75, 3.05) is 53.2 Å². The zero-order valence-corrected chi connectivity index (χ0v) is 30.8. The summed E-state index contributed by atoms with van der Waals surface area (Å²) in [6.45, 7) is 6.54. The number of carbonyl (C=O) groups excluding carboxylic acids is 1. The molecule has 3 aromatic rings. The van der Waals surface area contributed by atoms with Gasteiger partial charge in [-0.25, -0.2) is 0 Å². The Bertz CT molecular complexity index is 1540. The second-order valence-corrected chi connectivity index (χ2v) is 14.5. The number of rotatable bonds is 19. The number of nitrogens with one attached hydrogen (secondary N) is 1. The van der Waals surface area contributed by atoms with Crippen molar-refractivity contribution < 1.29 is 28.5 Å². The number of benzene rings is 3. The standard InChI is InChI=1S/C40H50Cl2N2O6/c1-27-20-37(41)39(38(42)21-27)50-19-18-48-32-9-5-30(6-10-32)35-13-14-43-25-36(35)40(45)44(31-7-8-31)26-29-22-28(4-3-15-46-2)23-34(24-29)49-17-16-47-33-11-12-33/h5-6,9-10,20-24,31,33,35-36,43H,3-4,7-8,11-19,25-26H2,1-2H3. The highest BCUT2D eigenvalue weighted by atomic mass is 35.5. The molecule has 3 aliphatic rings. The molecule has 0 bridgehead atoms. The maximum absolute atomic E-state index is 14.4. The van der Waals surface area contributed by atoms with E-state index >= 15 is 0 Å². The molecule has 1 saturated heterocycles. The van der Waals surface area contributed by atoms with Crippen molar-refractivity contribution in [2.45, 2.75) is 76.5 Å². The molecule has 2 aliphatic carbocycles. The number of nitrogens with zero attached hydrogens (tertiary/aromatic N) is 1. The van der Waals surface area contributed by atoms with Crippen LogP contribution in [0, 0.1) is 12.8 Å². The van der Waals surface area contributed by atoms with E-state index in [1.165, 1.54) is 5.56 Å². The Morgan fingerprint density at radius 1 is 0.820 bits per heavy atom. The van der Waals surface area contributed by atoms with Gasteiger partial charge >= 0.3 is 0 Å². The number of ether oxygens (including phenoxy) is 5. The Balaban J connectivity index is 1.08. The van der Waals surface area contributed by atoms with E-state index in [1.54, 1.807) is 7.11 Å². The molecule has 2 unspecified atom stereocenters. The van der Waals surface area contributed by atoms with Crippen LogP contribution in [0.2, 0.25) is 10.0 Å². The van der Waals surface area contributed by atoms with Gasteiger partial charge in [0.15, 0.2) is 5.75 Å². The van der Waals surface area contributed by atoms with Crippen LogP contribution in [0.5, 0.6) is 17.2 Å². The van der Waals surface area contributed by atoms with Crippen LogP contribution in [-0.4, -0.2) is 76.2 Å². The maximum Gasteiger partial charge on any atom is 0.228 e. The van der Waals surface area contributed by atoms with E-state index in [4.69, 9.17) is 46.9 Å². The third-order valence-corrected chi connectivity index (χ3v) is 10.1. The SMILES string of the molecule is COCCCc1cc(CN(C(=O)C2CNCCC2c2ccc(OCCOc3c(Cl)cc(C)cc3Cl)cc2)C2CC2)cc(OCCOC2CC2)c1. The number of hydrogen-bond donors (Lipinski definition) is 1. The van der Waals surface area contributed by atoms with E-state index in [-0.39, 0.29) is 23.8 Å². The third kappa shape index (κ3) is 10.5. The fourth-order valence-electron chi connectivity index (χ4n) is 6.72. The molecule has 10 heteroatoms. The summed E-state index contributed by atoms with van der Waals surface area (Å²) in [5.74, 6) is 2.26. The number of halogens is 2. The van der Waals surface area contributed by atoms with Gasteiger partial charge in [-0.1, -0.05) is 41.4 Å². The molecule has 270 valence electrons. The minimum atomic E-state index is -0.145. The van der Waals surface area contributed by atoms with Crippen molar-refractivity contribution in [1.82, 2.24) is 10.2 Å². The average Bonchev–Trinajstić information content (AvgIpc) is 4.05. The first kappa shape index (κ1) is 36.8. The highest BCUT2D eigenvalue weighted by Crippen LogP contribution is 2.37. The molecule has 3 aromatic carbocycles. The summed E-state index contributed by atoms with van der Waals surface area (Å²) < 4.78 is 29.0. The lowest BCUT2D eigenvalue weighted by molar-refractivity contribution is -0.138. The van der Waals surface area contributed by atoms with Crippen molar-refractivity contribution in [3.63, 3.8) is 0 Å². The van der Waals surface area contributed by atoms with Gasteiger partial charge in [0.25, 0.3) is 0 Å².